The first-order chi connectivity index (χ1) is 10.2. The summed E-state index contributed by atoms with van der Waals surface area (Å²) >= 11 is 0. The Morgan fingerprint density at radius 3 is 2.62 bits per heavy atom. The number of hydrogen-bond acceptors (Lipinski definition) is 3. The van der Waals surface area contributed by atoms with Gasteiger partial charge in [0.25, 0.3) is 0 Å². The Bertz CT molecular complexity index is 664. The fourth-order valence-corrected chi connectivity index (χ4v) is 2.61. The highest BCUT2D eigenvalue weighted by Crippen LogP contribution is 2.27. The second kappa shape index (κ2) is 5.44. The van der Waals surface area contributed by atoms with Crippen molar-refractivity contribution in [3.63, 3.8) is 0 Å². The van der Waals surface area contributed by atoms with Gasteiger partial charge in [-0.05, 0) is 30.3 Å². The third-order valence-electron chi connectivity index (χ3n) is 3.70. The van der Waals surface area contributed by atoms with Crippen LogP contribution in [0, 0.1) is 5.92 Å². The van der Waals surface area contributed by atoms with Gasteiger partial charge in [0.05, 0.1) is 13.0 Å². The van der Waals surface area contributed by atoms with Gasteiger partial charge in [0.15, 0.2) is 0 Å². The number of rotatable bonds is 3. The van der Waals surface area contributed by atoms with E-state index < -0.39 is 0 Å². The minimum atomic E-state index is -0.377. The molecule has 0 aliphatic carbocycles. The van der Waals surface area contributed by atoms with Gasteiger partial charge in [0, 0.05) is 36.7 Å². The van der Waals surface area contributed by atoms with Gasteiger partial charge in [-0.2, -0.15) is 0 Å². The van der Waals surface area contributed by atoms with Crippen molar-refractivity contribution in [2.45, 2.75) is 6.42 Å². The Morgan fingerprint density at radius 1 is 1.19 bits per heavy atom. The van der Waals surface area contributed by atoms with Crippen molar-refractivity contribution in [1.29, 1.82) is 0 Å². The maximum Gasteiger partial charge on any atom is 0.311 e. The molecule has 1 aromatic heterocycles. The Labute approximate surface area is 122 Å². The predicted molar refractivity (Wildman–Crippen MR) is 78.2 cm³/mol. The van der Waals surface area contributed by atoms with E-state index in [1.54, 1.807) is 4.90 Å². The average molecular weight is 284 g/mol. The number of carbonyl (C=O) groups is 2. The Balaban J connectivity index is 1.86. The Kier molecular flexibility index (Phi) is 3.48. The zero-order chi connectivity index (χ0) is 14.8. The molecule has 1 atom stereocenters. The second-order valence-corrected chi connectivity index (χ2v) is 5.04. The van der Waals surface area contributed by atoms with Gasteiger partial charge in [-0.3, -0.25) is 9.59 Å². The number of hydrogen-bond donors (Lipinski definition) is 0. The van der Waals surface area contributed by atoms with Crippen LogP contribution >= 0.6 is 0 Å². The largest absolute Gasteiger partial charge is 0.469 e. The summed E-state index contributed by atoms with van der Waals surface area (Å²) in [7, 11) is 1.35. The van der Waals surface area contributed by atoms with Crippen molar-refractivity contribution < 1.29 is 14.3 Å². The van der Waals surface area contributed by atoms with Crippen LogP contribution < -0.4 is 4.90 Å². The lowest BCUT2D eigenvalue weighted by atomic mass is 10.1. The molecule has 0 radical (unpaired) electrons. The van der Waals surface area contributed by atoms with Gasteiger partial charge < -0.3 is 14.2 Å². The third-order valence-corrected chi connectivity index (χ3v) is 3.70. The summed E-state index contributed by atoms with van der Waals surface area (Å²) in [5.74, 6) is -0.750. The van der Waals surface area contributed by atoms with Gasteiger partial charge in [-0.15, -0.1) is 0 Å². The molecule has 0 N–H and O–H groups in total. The molecule has 1 unspecified atom stereocenters. The highest BCUT2D eigenvalue weighted by Gasteiger charge is 2.35. The molecule has 108 valence electrons. The van der Waals surface area contributed by atoms with Crippen LogP contribution in [-0.4, -0.2) is 30.1 Å². The predicted octanol–water partition coefficient (Wildman–Crippen LogP) is 2.00. The number of aromatic nitrogens is 1. The van der Waals surface area contributed by atoms with Crippen LogP contribution in [0.4, 0.5) is 5.69 Å². The van der Waals surface area contributed by atoms with Crippen LogP contribution in [0.1, 0.15) is 6.42 Å². The molecule has 1 aliphatic rings. The summed E-state index contributed by atoms with van der Waals surface area (Å²) in [6.07, 6.45) is 4.10. The first kappa shape index (κ1) is 13.4. The molecule has 3 rings (SSSR count). The standard InChI is InChI=1S/C16H16N2O3/c1-21-16(20)12-9-15(19)18(11-12)14-6-4-5-13(10-14)17-7-2-3-8-17/h2-8,10,12H,9,11H2,1H3. The van der Waals surface area contributed by atoms with Crippen molar-refractivity contribution in [2.75, 3.05) is 18.6 Å². The Hall–Kier alpha value is -2.56. The fraction of sp³-hybridized carbons (Fsp3) is 0.250. The van der Waals surface area contributed by atoms with E-state index in [0.29, 0.717) is 6.54 Å². The van der Waals surface area contributed by atoms with E-state index >= 15 is 0 Å². The topological polar surface area (TPSA) is 51.5 Å². The van der Waals surface area contributed by atoms with Gasteiger partial charge >= 0.3 is 5.97 Å². The zero-order valence-corrected chi connectivity index (χ0v) is 11.7. The number of nitrogens with zero attached hydrogens (tertiary/aromatic N) is 2. The maximum atomic E-state index is 12.1. The molecule has 5 heteroatoms. The lowest BCUT2D eigenvalue weighted by Crippen LogP contribution is -2.26. The molecule has 1 aliphatic heterocycles. The number of amides is 1. The molecule has 21 heavy (non-hydrogen) atoms. The van der Waals surface area contributed by atoms with Crippen LogP contribution in [0.25, 0.3) is 5.69 Å². The summed E-state index contributed by atoms with van der Waals surface area (Å²) in [5, 5.41) is 0. The van der Waals surface area contributed by atoms with E-state index in [1.807, 2.05) is 53.4 Å². The zero-order valence-electron chi connectivity index (χ0n) is 11.7. The summed E-state index contributed by atoms with van der Waals surface area (Å²) in [4.78, 5) is 25.3. The van der Waals surface area contributed by atoms with Crippen LogP contribution in [0.15, 0.2) is 48.8 Å². The minimum Gasteiger partial charge on any atom is -0.469 e. The number of ether oxygens (including phenoxy) is 1. The third kappa shape index (κ3) is 2.54. The van der Waals surface area contributed by atoms with E-state index in [2.05, 4.69) is 0 Å². The quantitative estimate of drug-likeness (QED) is 0.810. The molecule has 1 fully saturated rings. The molecule has 0 saturated carbocycles. The van der Waals surface area contributed by atoms with E-state index in [4.69, 9.17) is 4.74 Å². The Morgan fingerprint density at radius 2 is 1.90 bits per heavy atom. The normalized spacial score (nSPS) is 18.0. The van der Waals surface area contributed by atoms with Crippen LogP contribution in [0.5, 0.6) is 0 Å². The maximum absolute atomic E-state index is 12.1. The minimum absolute atomic E-state index is 0.0462. The lowest BCUT2D eigenvalue weighted by molar-refractivity contribution is -0.145. The summed E-state index contributed by atoms with van der Waals surface area (Å²) in [6, 6.07) is 11.6. The number of esters is 1. The van der Waals surface area contributed by atoms with E-state index in [9.17, 15) is 9.59 Å². The smallest absolute Gasteiger partial charge is 0.311 e. The van der Waals surface area contributed by atoms with Crippen LogP contribution in [0.3, 0.4) is 0 Å². The van der Waals surface area contributed by atoms with Crippen molar-refractivity contribution in [3.8, 4) is 5.69 Å². The van der Waals surface area contributed by atoms with Crippen molar-refractivity contribution in [1.82, 2.24) is 4.57 Å². The number of benzene rings is 1. The molecule has 0 spiro atoms. The summed E-state index contributed by atoms with van der Waals surface area (Å²) < 4.78 is 6.70. The van der Waals surface area contributed by atoms with E-state index in [0.717, 1.165) is 11.4 Å². The van der Waals surface area contributed by atoms with Gasteiger partial charge in [0.1, 0.15) is 0 Å². The molecule has 1 amide bonds. The molecule has 5 nitrogen and oxygen atoms in total. The molecule has 1 aromatic carbocycles. The highest BCUT2D eigenvalue weighted by molar-refractivity contribution is 5.99. The first-order valence-electron chi connectivity index (χ1n) is 6.80. The molecule has 1 saturated heterocycles. The second-order valence-electron chi connectivity index (χ2n) is 5.04. The molecular formula is C16H16N2O3. The van der Waals surface area contributed by atoms with Crippen molar-refractivity contribution in [3.05, 3.63) is 48.8 Å². The lowest BCUT2D eigenvalue weighted by Gasteiger charge is -2.17. The van der Waals surface area contributed by atoms with Crippen LogP contribution in [0.2, 0.25) is 0 Å². The van der Waals surface area contributed by atoms with Gasteiger partial charge in [0.2, 0.25) is 5.91 Å². The van der Waals surface area contributed by atoms with Gasteiger partial charge in [-0.1, -0.05) is 6.07 Å². The van der Waals surface area contributed by atoms with E-state index in [-0.39, 0.29) is 24.2 Å². The molecule has 2 heterocycles. The van der Waals surface area contributed by atoms with Crippen molar-refractivity contribution in [2.24, 2.45) is 5.92 Å². The monoisotopic (exact) mass is 284 g/mol. The molecule has 2 aromatic rings. The summed E-state index contributed by atoms with van der Waals surface area (Å²) in [6.45, 7) is 0.376. The van der Waals surface area contributed by atoms with Crippen LogP contribution in [-0.2, 0) is 14.3 Å². The molecular weight excluding hydrogens is 268 g/mol. The van der Waals surface area contributed by atoms with E-state index in [1.165, 1.54) is 7.11 Å². The SMILES string of the molecule is COC(=O)C1CC(=O)N(c2cccc(-n3cccc3)c2)C1. The number of methoxy groups -OCH3 is 1. The summed E-state index contributed by atoms with van der Waals surface area (Å²) in [5.41, 5.74) is 1.78. The van der Waals surface area contributed by atoms with Crippen molar-refractivity contribution >= 4 is 17.6 Å². The number of carbonyl (C=O) groups excluding carboxylic acids is 2. The average Bonchev–Trinajstić information content (AvgIpc) is 3.16. The highest BCUT2D eigenvalue weighted by atomic mass is 16.5. The first-order valence-corrected chi connectivity index (χ1v) is 6.80. The number of anilines is 1. The molecule has 0 bridgehead atoms. The fourth-order valence-electron chi connectivity index (χ4n) is 2.61. The van der Waals surface area contributed by atoms with Gasteiger partial charge in [-0.25, -0.2) is 0 Å².